The van der Waals surface area contributed by atoms with E-state index in [9.17, 15) is 9.18 Å². The van der Waals surface area contributed by atoms with Gasteiger partial charge in [0, 0.05) is 18.3 Å². The van der Waals surface area contributed by atoms with Crippen LogP contribution in [-0.4, -0.2) is 21.1 Å². The van der Waals surface area contributed by atoms with Crippen LogP contribution in [0.5, 0.6) is 0 Å². The quantitative estimate of drug-likeness (QED) is 0.660. The van der Waals surface area contributed by atoms with Crippen LogP contribution in [0.15, 0.2) is 54.7 Å². The number of nitrogens with zero attached hydrogens (tertiary/aromatic N) is 3. The first-order valence-electron chi connectivity index (χ1n) is 7.46. The number of benzene rings is 2. The molecule has 0 radical (unpaired) electrons. The summed E-state index contributed by atoms with van der Waals surface area (Å²) in [7, 11) is 0. The Morgan fingerprint density at radius 1 is 1.00 bits per heavy atom. The highest BCUT2D eigenvalue weighted by Crippen LogP contribution is 2.20. The van der Waals surface area contributed by atoms with Crippen LogP contribution in [-0.2, 0) is 4.79 Å². The van der Waals surface area contributed by atoms with E-state index in [2.05, 4.69) is 31.1 Å². The standard InChI is InChI=1S/C17H15FN6O/c1-11(25)20-12-6-8-13(9-7-12)21-17-23-16(10-19-24-17)22-15-5-3-2-4-14(15)18/h2-10H,1H3,(H,20,25)(H2,21,22,23,24). The van der Waals surface area contributed by atoms with E-state index in [0.29, 0.717) is 17.2 Å². The summed E-state index contributed by atoms with van der Waals surface area (Å²) in [5.74, 6) is 0.0930. The predicted octanol–water partition coefficient (Wildman–Crippen LogP) is 3.46. The summed E-state index contributed by atoms with van der Waals surface area (Å²) in [6.45, 7) is 1.44. The average molecular weight is 338 g/mol. The van der Waals surface area contributed by atoms with E-state index in [1.54, 1.807) is 42.5 Å². The summed E-state index contributed by atoms with van der Waals surface area (Å²) in [6.07, 6.45) is 1.40. The van der Waals surface area contributed by atoms with Gasteiger partial charge in [0.2, 0.25) is 11.9 Å². The number of nitrogens with one attached hydrogen (secondary N) is 3. The third-order valence-corrected chi connectivity index (χ3v) is 3.16. The van der Waals surface area contributed by atoms with Crippen molar-refractivity contribution in [3.8, 4) is 0 Å². The van der Waals surface area contributed by atoms with Gasteiger partial charge in [0.15, 0.2) is 5.82 Å². The van der Waals surface area contributed by atoms with Crippen LogP contribution in [0.25, 0.3) is 0 Å². The number of halogens is 1. The minimum absolute atomic E-state index is 0.139. The maximum Gasteiger partial charge on any atom is 0.249 e. The van der Waals surface area contributed by atoms with E-state index < -0.39 is 0 Å². The third-order valence-electron chi connectivity index (χ3n) is 3.16. The molecule has 1 heterocycles. The number of para-hydroxylation sites is 1. The molecular weight excluding hydrogens is 323 g/mol. The lowest BCUT2D eigenvalue weighted by Crippen LogP contribution is -2.06. The molecule has 8 heteroatoms. The number of hydrogen-bond donors (Lipinski definition) is 3. The molecule has 0 atom stereocenters. The van der Waals surface area contributed by atoms with Gasteiger partial charge in [-0.1, -0.05) is 12.1 Å². The first kappa shape index (κ1) is 16.3. The minimum Gasteiger partial charge on any atom is -0.336 e. The van der Waals surface area contributed by atoms with Gasteiger partial charge in [0.25, 0.3) is 0 Å². The summed E-state index contributed by atoms with van der Waals surface area (Å²) >= 11 is 0. The molecule has 0 saturated carbocycles. The molecule has 1 aromatic heterocycles. The number of amides is 1. The molecule has 126 valence electrons. The SMILES string of the molecule is CC(=O)Nc1ccc(Nc2nncc(Nc3ccccc3F)n2)cc1. The van der Waals surface area contributed by atoms with E-state index in [0.717, 1.165) is 5.69 Å². The number of hydrogen-bond acceptors (Lipinski definition) is 6. The second-order valence-corrected chi connectivity index (χ2v) is 5.15. The molecule has 0 bridgehead atoms. The van der Waals surface area contributed by atoms with Gasteiger partial charge in [-0.25, -0.2) is 4.39 Å². The second-order valence-electron chi connectivity index (χ2n) is 5.15. The smallest absolute Gasteiger partial charge is 0.249 e. The van der Waals surface area contributed by atoms with Crippen LogP contribution in [0.4, 0.5) is 33.2 Å². The number of aromatic nitrogens is 3. The Bertz CT molecular complexity index is 884. The average Bonchev–Trinajstić information content (AvgIpc) is 2.59. The molecule has 3 aromatic rings. The highest BCUT2D eigenvalue weighted by molar-refractivity contribution is 5.88. The molecule has 0 aliphatic carbocycles. The van der Waals surface area contributed by atoms with Gasteiger partial charge in [-0.3, -0.25) is 4.79 Å². The van der Waals surface area contributed by atoms with Crippen LogP contribution in [0.3, 0.4) is 0 Å². The van der Waals surface area contributed by atoms with Gasteiger partial charge in [-0.2, -0.15) is 10.1 Å². The van der Waals surface area contributed by atoms with Crippen molar-refractivity contribution in [2.45, 2.75) is 6.92 Å². The predicted molar refractivity (Wildman–Crippen MR) is 93.5 cm³/mol. The molecule has 0 aliphatic heterocycles. The largest absolute Gasteiger partial charge is 0.336 e. The minimum atomic E-state index is -0.385. The molecule has 0 unspecified atom stereocenters. The van der Waals surface area contributed by atoms with E-state index >= 15 is 0 Å². The van der Waals surface area contributed by atoms with Crippen molar-refractivity contribution < 1.29 is 9.18 Å². The molecule has 1 amide bonds. The fraction of sp³-hybridized carbons (Fsp3) is 0.0588. The van der Waals surface area contributed by atoms with E-state index in [-0.39, 0.29) is 17.7 Å². The molecule has 0 spiro atoms. The van der Waals surface area contributed by atoms with Gasteiger partial charge in [-0.15, -0.1) is 5.10 Å². The topological polar surface area (TPSA) is 91.8 Å². The molecule has 25 heavy (non-hydrogen) atoms. The van der Waals surface area contributed by atoms with Crippen molar-refractivity contribution in [3.05, 3.63) is 60.5 Å². The van der Waals surface area contributed by atoms with Crippen molar-refractivity contribution in [1.29, 1.82) is 0 Å². The Balaban J connectivity index is 1.71. The monoisotopic (exact) mass is 338 g/mol. The molecule has 2 aromatic carbocycles. The maximum absolute atomic E-state index is 13.7. The molecule has 7 nitrogen and oxygen atoms in total. The number of carbonyl (C=O) groups is 1. The number of rotatable bonds is 5. The highest BCUT2D eigenvalue weighted by Gasteiger charge is 2.05. The van der Waals surface area contributed by atoms with Gasteiger partial charge in [-0.05, 0) is 36.4 Å². The summed E-state index contributed by atoms with van der Waals surface area (Å²) in [5, 5.41) is 16.3. The first-order valence-corrected chi connectivity index (χ1v) is 7.46. The normalized spacial score (nSPS) is 10.2. The Kier molecular flexibility index (Phi) is 4.79. The van der Waals surface area contributed by atoms with Crippen LogP contribution < -0.4 is 16.0 Å². The van der Waals surface area contributed by atoms with Gasteiger partial charge >= 0.3 is 0 Å². The second kappa shape index (κ2) is 7.35. The highest BCUT2D eigenvalue weighted by atomic mass is 19.1. The molecule has 3 rings (SSSR count). The zero-order chi connectivity index (χ0) is 17.6. The lowest BCUT2D eigenvalue weighted by atomic mass is 10.3. The van der Waals surface area contributed by atoms with Gasteiger partial charge in [0.05, 0.1) is 11.9 Å². The lowest BCUT2D eigenvalue weighted by molar-refractivity contribution is -0.114. The summed E-state index contributed by atoms with van der Waals surface area (Å²) in [5.41, 5.74) is 1.71. The van der Waals surface area contributed by atoms with Crippen molar-refractivity contribution >= 4 is 34.7 Å². The van der Waals surface area contributed by atoms with Crippen LogP contribution in [0.2, 0.25) is 0 Å². The summed E-state index contributed by atoms with van der Waals surface area (Å²) in [4.78, 5) is 15.3. The molecule has 0 saturated heterocycles. The Morgan fingerprint density at radius 3 is 2.44 bits per heavy atom. The Hall–Kier alpha value is -3.55. The van der Waals surface area contributed by atoms with E-state index in [1.807, 2.05) is 0 Å². The number of anilines is 5. The van der Waals surface area contributed by atoms with Crippen molar-refractivity contribution in [3.63, 3.8) is 0 Å². The fourth-order valence-electron chi connectivity index (χ4n) is 2.09. The summed E-state index contributed by atoms with van der Waals surface area (Å²) in [6, 6.07) is 13.3. The zero-order valence-corrected chi connectivity index (χ0v) is 13.3. The van der Waals surface area contributed by atoms with Crippen molar-refractivity contribution in [2.75, 3.05) is 16.0 Å². The van der Waals surface area contributed by atoms with Crippen LogP contribution in [0.1, 0.15) is 6.92 Å². The van der Waals surface area contributed by atoms with E-state index in [1.165, 1.54) is 19.2 Å². The van der Waals surface area contributed by atoms with Gasteiger partial charge < -0.3 is 16.0 Å². The zero-order valence-electron chi connectivity index (χ0n) is 13.3. The van der Waals surface area contributed by atoms with Crippen molar-refractivity contribution in [2.24, 2.45) is 0 Å². The van der Waals surface area contributed by atoms with E-state index in [4.69, 9.17) is 0 Å². The number of carbonyl (C=O) groups excluding carboxylic acids is 1. The molecule has 0 fully saturated rings. The van der Waals surface area contributed by atoms with Crippen LogP contribution in [0, 0.1) is 5.82 Å². The Morgan fingerprint density at radius 2 is 1.72 bits per heavy atom. The third kappa shape index (κ3) is 4.47. The molecular formula is C17H15FN6O. The van der Waals surface area contributed by atoms with Gasteiger partial charge in [0.1, 0.15) is 5.82 Å². The fourth-order valence-corrected chi connectivity index (χ4v) is 2.09. The molecule has 3 N–H and O–H groups in total. The Labute approximate surface area is 143 Å². The molecule has 0 aliphatic rings. The van der Waals surface area contributed by atoms with Crippen molar-refractivity contribution in [1.82, 2.24) is 15.2 Å². The lowest BCUT2D eigenvalue weighted by Gasteiger charge is -2.09. The van der Waals surface area contributed by atoms with Crippen LogP contribution >= 0.6 is 0 Å². The summed E-state index contributed by atoms with van der Waals surface area (Å²) < 4.78 is 13.7. The first-order chi connectivity index (χ1) is 12.1. The maximum atomic E-state index is 13.7.